The first-order valence-electron chi connectivity index (χ1n) is 5.51. The van der Waals surface area contributed by atoms with E-state index in [2.05, 4.69) is 22.2 Å². The molecule has 0 amide bonds. The maximum absolute atomic E-state index is 3.46. The molecule has 0 aromatic heterocycles. The van der Waals surface area contributed by atoms with Crippen LogP contribution in [0.3, 0.4) is 0 Å². The molecule has 0 aliphatic carbocycles. The van der Waals surface area contributed by atoms with Gasteiger partial charge in [-0.2, -0.15) is 0 Å². The predicted octanol–water partition coefficient (Wildman–Crippen LogP) is -0.263. The van der Waals surface area contributed by atoms with E-state index in [1.807, 2.05) is 0 Å². The number of likely N-dealkylation sites (N-methyl/N-ethyl adjacent to an activating group) is 1. The maximum atomic E-state index is 3.46. The van der Waals surface area contributed by atoms with Gasteiger partial charge in [0.2, 0.25) is 0 Å². The van der Waals surface area contributed by atoms with E-state index >= 15 is 0 Å². The molecule has 3 atom stereocenters. The maximum Gasteiger partial charge on any atom is 0.0239 e. The van der Waals surface area contributed by atoms with Gasteiger partial charge in [-0.25, -0.2) is 0 Å². The molecule has 4 rings (SSSR count). The fraction of sp³-hybridized carbons (Fsp3) is 1.00. The summed E-state index contributed by atoms with van der Waals surface area (Å²) in [6.07, 6.45) is 2.82. The zero-order valence-electron chi connectivity index (χ0n) is 8.37. The highest BCUT2D eigenvalue weighted by atomic mass is 15.4. The summed E-state index contributed by atoms with van der Waals surface area (Å²) in [7, 11) is 2.28. The van der Waals surface area contributed by atoms with Gasteiger partial charge in [0.15, 0.2) is 0 Å². The van der Waals surface area contributed by atoms with Crippen LogP contribution in [-0.2, 0) is 0 Å². The summed E-state index contributed by atoms with van der Waals surface area (Å²) >= 11 is 0. The minimum absolute atomic E-state index is 0.846. The monoisotopic (exact) mass is 181 g/mol. The van der Waals surface area contributed by atoms with Crippen LogP contribution >= 0.6 is 0 Å². The lowest BCUT2D eigenvalue weighted by molar-refractivity contribution is -0.0625. The van der Waals surface area contributed by atoms with Crippen molar-refractivity contribution in [2.24, 2.45) is 0 Å². The highest BCUT2D eigenvalue weighted by Crippen LogP contribution is 2.31. The van der Waals surface area contributed by atoms with E-state index in [-0.39, 0.29) is 0 Å². The lowest BCUT2D eigenvalue weighted by Gasteiger charge is -2.56. The van der Waals surface area contributed by atoms with E-state index in [9.17, 15) is 0 Å². The number of nitrogens with zero attached hydrogens (tertiary/aromatic N) is 2. The zero-order chi connectivity index (χ0) is 8.84. The average Bonchev–Trinajstić information content (AvgIpc) is 2.70. The first-order valence-corrected chi connectivity index (χ1v) is 5.51. The Morgan fingerprint density at radius 2 is 1.92 bits per heavy atom. The normalized spacial score (nSPS) is 46.4. The molecule has 4 fully saturated rings. The van der Waals surface area contributed by atoms with Crippen LogP contribution in [0.5, 0.6) is 0 Å². The van der Waals surface area contributed by atoms with Gasteiger partial charge in [-0.05, 0) is 26.4 Å². The summed E-state index contributed by atoms with van der Waals surface area (Å²) in [6, 6.07) is 2.60. The summed E-state index contributed by atoms with van der Waals surface area (Å²) in [5.41, 5.74) is 0. The first kappa shape index (κ1) is 8.21. The van der Waals surface area contributed by atoms with Gasteiger partial charge in [-0.1, -0.05) is 0 Å². The molecular formula is C10H19N3. The van der Waals surface area contributed by atoms with Crippen molar-refractivity contribution in [2.75, 3.05) is 33.2 Å². The third-order valence-electron chi connectivity index (χ3n) is 4.14. The molecule has 0 saturated carbocycles. The van der Waals surface area contributed by atoms with Crippen molar-refractivity contribution in [3.8, 4) is 0 Å². The molecule has 4 aliphatic rings. The number of piperazine rings is 1. The van der Waals surface area contributed by atoms with Crippen LogP contribution in [0, 0.1) is 0 Å². The van der Waals surface area contributed by atoms with Crippen LogP contribution in [0.4, 0.5) is 0 Å². The summed E-state index contributed by atoms with van der Waals surface area (Å²) in [4.78, 5) is 5.26. The number of rotatable bonds is 1. The summed E-state index contributed by atoms with van der Waals surface area (Å²) < 4.78 is 0. The van der Waals surface area contributed by atoms with E-state index in [0.717, 1.165) is 18.1 Å². The number of nitrogens with one attached hydrogen (secondary N) is 1. The molecule has 0 aromatic rings. The van der Waals surface area contributed by atoms with Crippen LogP contribution in [0.15, 0.2) is 0 Å². The Morgan fingerprint density at radius 3 is 2.46 bits per heavy atom. The van der Waals surface area contributed by atoms with E-state index in [1.54, 1.807) is 0 Å². The van der Waals surface area contributed by atoms with Gasteiger partial charge in [0.1, 0.15) is 0 Å². The van der Waals surface area contributed by atoms with E-state index in [0.29, 0.717) is 0 Å². The molecular weight excluding hydrogens is 162 g/mol. The second-order valence-electron chi connectivity index (χ2n) is 4.81. The zero-order valence-corrected chi connectivity index (χ0v) is 8.37. The smallest absolute Gasteiger partial charge is 0.0239 e. The molecule has 0 aromatic carbocycles. The topological polar surface area (TPSA) is 18.5 Å². The minimum Gasteiger partial charge on any atom is -0.315 e. The van der Waals surface area contributed by atoms with Crippen LogP contribution in [0.1, 0.15) is 12.8 Å². The Morgan fingerprint density at radius 1 is 1.15 bits per heavy atom. The molecule has 13 heavy (non-hydrogen) atoms. The van der Waals surface area contributed by atoms with Crippen molar-refractivity contribution in [3.63, 3.8) is 0 Å². The Balaban J connectivity index is 1.62. The lowest BCUT2D eigenvalue weighted by Crippen LogP contribution is -2.68. The molecule has 1 N–H and O–H groups in total. The van der Waals surface area contributed by atoms with E-state index in [1.165, 1.54) is 39.0 Å². The summed E-state index contributed by atoms with van der Waals surface area (Å²) in [6.45, 7) is 5.09. The average molecular weight is 181 g/mol. The molecule has 74 valence electrons. The van der Waals surface area contributed by atoms with Crippen LogP contribution in [0.25, 0.3) is 0 Å². The SMILES string of the molecule is CN1C2CC1CN([C@@H]1CCNC1)C2. The van der Waals surface area contributed by atoms with Gasteiger partial charge in [0.25, 0.3) is 0 Å². The molecule has 2 unspecified atom stereocenters. The number of hydrogen-bond donors (Lipinski definition) is 1. The molecule has 0 spiro atoms. The van der Waals surface area contributed by atoms with Crippen molar-refractivity contribution < 1.29 is 0 Å². The van der Waals surface area contributed by atoms with Gasteiger partial charge in [0.05, 0.1) is 0 Å². The molecule has 3 nitrogen and oxygen atoms in total. The largest absolute Gasteiger partial charge is 0.315 e. The fourth-order valence-corrected chi connectivity index (χ4v) is 3.08. The van der Waals surface area contributed by atoms with E-state index in [4.69, 9.17) is 0 Å². The quantitative estimate of drug-likeness (QED) is 0.601. The molecule has 4 saturated heterocycles. The second kappa shape index (κ2) is 2.94. The third kappa shape index (κ3) is 1.22. The first-order chi connectivity index (χ1) is 6.34. The van der Waals surface area contributed by atoms with Gasteiger partial charge in [-0.3, -0.25) is 9.80 Å². The summed E-state index contributed by atoms with van der Waals surface area (Å²) in [5.74, 6) is 0. The molecule has 4 aliphatic heterocycles. The standard InChI is InChI=1S/C10H19N3/c1-12-9-4-10(12)7-13(6-9)8-2-3-11-5-8/h8-11H,2-7H2,1H3/t8-,9?,10?/m1/s1. The van der Waals surface area contributed by atoms with Crippen molar-refractivity contribution in [2.45, 2.75) is 31.0 Å². The molecule has 0 radical (unpaired) electrons. The molecule has 3 heteroatoms. The molecule has 2 bridgehead atoms. The van der Waals surface area contributed by atoms with Crippen molar-refractivity contribution in [3.05, 3.63) is 0 Å². The highest BCUT2D eigenvalue weighted by molar-refractivity contribution is 5.01. The fourth-order valence-electron chi connectivity index (χ4n) is 3.08. The number of fused-ring (bicyclic) bond motifs is 2. The van der Waals surface area contributed by atoms with Gasteiger partial charge in [-0.15, -0.1) is 0 Å². The van der Waals surface area contributed by atoms with Crippen LogP contribution in [-0.4, -0.2) is 61.2 Å². The second-order valence-corrected chi connectivity index (χ2v) is 4.81. The van der Waals surface area contributed by atoms with Crippen LogP contribution < -0.4 is 5.32 Å². The Bertz CT molecular complexity index is 188. The minimum atomic E-state index is 0.846. The lowest BCUT2D eigenvalue weighted by atomic mass is 9.87. The van der Waals surface area contributed by atoms with Crippen molar-refractivity contribution in [1.82, 2.24) is 15.1 Å². The van der Waals surface area contributed by atoms with Crippen molar-refractivity contribution >= 4 is 0 Å². The van der Waals surface area contributed by atoms with Gasteiger partial charge < -0.3 is 5.32 Å². The molecule has 4 heterocycles. The highest BCUT2D eigenvalue weighted by Gasteiger charge is 2.43. The van der Waals surface area contributed by atoms with E-state index < -0.39 is 0 Å². The Kier molecular flexibility index (Phi) is 1.86. The number of piperidine rings is 1. The Labute approximate surface area is 80.1 Å². The summed E-state index contributed by atoms with van der Waals surface area (Å²) in [5, 5.41) is 3.46. The van der Waals surface area contributed by atoms with Gasteiger partial charge in [0, 0.05) is 37.8 Å². The Hall–Kier alpha value is -0.120. The van der Waals surface area contributed by atoms with Gasteiger partial charge >= 0.3 is 0 Å². The number of hydrogen-bond acceptors (Lipinski definition) is 3. The third-order valence-corrected chi connectivity index (χ3v) is 4.14. The van der Waals surface area contributed by atoms with Crippen molar-refractivity contribution in [1.29, 1.82) is 0 Å². The van der Waals surface area contributed by atoms with Crippen LogP contribution in [0.2, 0.25) is 0 Å². The predicted molar refractivity (Wildman–Crippen MR) is 52.8 cm³/mol.